The molecule has 0 saturated carbocycles. The molecule has 1 heterocycles. The summed E-state index contributed by atoms with van der Waals surface area (Å²) >= 11 is 0. The Morgan fingerprint density at radius 1 is 0.889 bits per heavy atom. The van der Waals surface area contributed by atoms with Crippen LogP contribution >= 0.6 is 0 Å². The van der Waals surface area contributed by atoms with Gasteiger partial charge < -0.3 is 4.57 Å². The molecule has 0 aliphatic carbocycles. The molecule has 4 aromatic rings. The van der Waals surface area contributed by atoms with Crippen LogP contribution in [0.15, 0.2) is 72.8 Å². The van der Waals surface area contributed by atoms with Gasteiger partial charge in [0.25, 0.3) is 0 Å². The normalized spacial score (nSPS) is 11.0. The topological polar surface area (TPSA) is 34.9 Å². The number of imidazole rings is 1. The molecule has 0 aliphatic heterocycles. The van der Waals surface area contributed by atoms with Crippen molar-refractivity contribution in [3.05, 3.63) is 89.7 Å². The lowest BCUT2D eigenvalue weighted by atomic mass is 10.0. The number of hydrogen-bond donors (Lipinski definition) is 0. The number of aryl methyl sites for hydroxylation is 1. The van der Waals surface area contributed by atoms with Crippen molar-refractivity contribution in [1.82, 2.24) is 9.55 Å². The second-order valence-electron chi connectivity index (χ2n) is 6.76. The van der Waals surface area contributed by atoms with Gasteiger partial charge in [0.05, 0.1) is 11.0 Å². The maximum atomic E-state index is 11.4. The molecule has 27 heavy (non-hydrogen) atoms. The predicted octanol–water partition coefficient (Wildman–Crippen LogP) is 5.52. The molecular formula is C24H22N2O. The second kappa shape index (κ2) is 7.58. The van der Waals surface area contributed by atoms with E-state index < -0.39 is 0 Å². The van der Waals surface area contributed by atoms with Gasteiger partial charge in [-0.3, -0.25) is 4.79 Å². The summed E-state index contributed by atoms with van der Waals surface area (Å²) in [5, 5.41) is 0. The van der Waals surface area contributed by atoms with Crippen molar-refractivity contribution in [2.75, 3.05) is 0 Å². The van der Waals surface area contributed by atoms with E-state index in [1.807, 2.05) is 24.3 Å². The van der Waals surface area contributed by atoms with Gasteiger partial charge in [-0.15, -0.1) is 0 Å². The number of para-hydroxylation sites is 1. The smallest absolute Gasteiger partial charge is 0.152 e. The van der Waals surface area contributed by atoms with Crippen molar-refractivity contribution in [1.29, 1.82) is 0 Å². The average Bonchev–Trinajstić information content (AvgIpc) is 3.07. The molecule has 0 unspecified atom stereocenters. The van der Waals surface area contributed by atoms with Crippen LogP contribution in [0.25, 0.3) is 22.2 Å². The van der Waals surface area contributed by atoms with Gasteiger partial charge in [0.1, 0.15) is 5.82 Å². The Balaban J connectivity index is 1.70. The molecular weight excluding hydrogens is 332 g/mol. The van der Waals surface area contributed by atoms with Crippen LogP contribution in [-0.2, 0) is 13.0 Å². The van der Waals surface area contributed by atoms with Gasteiger partial charge in [-0.1, -0.05) is 67.6 Å². The van der Waals surface area contributed by atoms with Crippen molar-refractivity contribution in [3.8, 4) is 11.1 Å². The number of fused-ring (bicyclic) bond motifs is 1. The molecule has 0 aliphatic rings. The zero-order chi connectivity index (χ0) is 18.6. The number of nitrogens with zero attached hydrogens (tertiary/aromatic N) is 2. The maximum Gasteiger partial charge on any atom is 0.152 e. The van der Waals surface area contributed by atoms with E-state index >= 15 is 0 Å². The van der Waals surface area contributed by atoms with Crippen molar-refractivity contribution in [2.45, 2.75) is 26.3 Å². The van der Waals surface area contributed by atoms with Gasteiger partial charge in [0.2, 0.25) is 0 Å². The molecule has 0 bridgehead atoms. The number of rotatable bonds is 6. The van der Waals surface area contributed by atoms with Gasteiger partial charge >= 0.3 is 0 Å². The minimum atomic E-state index is 0.656. The highest BCUT2D eigenvalue weighted by atomic mass is 16.1. The van der Waals surface area contributed by atoms with Crippen molar-refractivity contribution < 1.29 is 4.79 Å². The van der Waals surface area contributed by atoms with Crippen LogP contribution in [-0.4, -0.2) is 15.8 Å². The first-order valence-electron chi connectivity index (χ1n) is 9.38. The molecule has 3 aromatic carbocycles. The summed E-state index contributed by atoms with van der Waals surface area (Å²) in [5.74, 6) is 1.04. The summed E-state index contributed by atoms with van der Waals surface area (Å²) in [6.45, 7) is 2.90. The third kappa shape index (κ3) is 3.41. The third-order valence-electron chi connectivity index (χ3n) is 4.89. The molecule has 0 atom stereocenters. The lowest BCUT2D eigenvalue weighted by Gasteiger charge is -2.10. The molecule has 4 rings (SSSR count). The molecule has 0 amide bonds. The SMILES string of the molecule is CCCc1nc2c(C=O)cccc2n1Cc1ccc(-c2ccccc2)cc1. The number of carbonyl (C=O) groups excluding carboxylic acids is 1. The van der Waals surface area contributed by atoms with Crippen LogP contribution in [0.1, 0.15) is 35.1 Å². The molecule has 3 nitrogen and oxygen atoms in total. The standard InChI is InChI=1S/C24H22N2O/c1-2-7-23-25-24-21(17-27)10-6-11-22(24)26(23)16-18-12-14-20(15-13-18)19-8-4-3-5-9-19/h3-6,8-15,17H,2,7,16H2,1H3. The Morgan fingerprint density at radius 2 is 1.63 bits per heavy atom. The van der Waals surface area contributed by atoms with E-state index in [1.54, 1.807) is 0 Å². The lowest BCUT2D eigenvalue weighted by Crippen LogP contribution is -2.05. The van der Waals surface area contributed by atoms with Crippen LogP contribution in [0.5, 0.6) is 0 Å². The van der Waals surface area contributed by atoms with Crippen LogP contribution < -0.4 is 0 Å². The highest BCUT2D eigenvalue weighted by molar-refractivity contribution is 5.94. The summed E-state index contributed by atoms with van der Waals surface area (Å²) < 4.78 is 2.24. The Kier molecular flexibility index (Phi) is 4.84. The Labute approximate surface area is 159 Å². The predicted molar refractivity (Wildman–Crippen MR) is 110 cm³/mol. The number of benzene rings is 3. The largest absolute Gasteiger partial charge is 0.323 e. The first kappa shape index (κ1) is 17.2. The number of aromatic nitrogens is 2. The van der Waals surface area contributed by atoms with Crippen LogP contribution in [0.4, 0.5) is 0 Å². The molecule has 0 radical (unpaired) electrons. The first-order valence-corrected chi connectivity index (χ1v) is 9.38. The van der Waals surface area contributed by atoms with Crippen LogP contribution in [0.2, 0.25) is 0 Å². The quantitative estimate of drug-likeness (QED) is 0.428. The molecule has 0 N–H and O–H groups in total. The molecule has 0 spiro atoms. The summed E-state index contributed by atoms with van der Waals surface area (Å²) in [6.07, 6.45) is 2.81. The Morgan fingerprint density at radius 3 is 2.33 bits per heavy atom. The zero-order valence-corrected chi connectivity index (χ0v) is 15.4. The minimum Gasteiger partial charge on any atom is -0.323 e. The summed E-state index contributed by atoms with van der Waals surface area (Å²) in [4.78, 5) is 16.1. The summed E-state index contributed by atoms with van der Waals surface area (Å²) in [6, 6.07) is 24.9. The number of hydrogen-bond acceptors (Lipinski definition) is 2. The molecule has 0 fully saturated rings. The highest BCUT2D eigenvalue weighted by Crippen LogP contribution is 2.23. The van der Waals surface area contributed by atoms with E-state index in [4.69, 9.17) is 4.98 Å². The van der Waals surface area contributed by atoms with E-state index in [1.165, 1.54) is 16.7 Å². The first-order chi connectivity index (χ1) is 13.3. The monoisotopic (exact) mass is 354 g/mol. The van der Waals surface area contributed by atoms with Gasteiger partial charge in [0, 0.05) is 18.5 Å². The fourth-order valence-electron chi connectivity index (χ4n) is 3.52. The molecule has 0 saturated heterocycles. The Hall–Kier alpha value is -3.20. The summed E-state index contributed by atoms with van der Waals surface area (Å²) in [7, 11) is 0. The van der Waals surface area contributed by atoms with Crippen LogP contribution in [0.3, 0.4) is 0 Å². The minimum absolute atomic E-state index is 0.656. The van der Waals surface area contributed by atoms with E-state index in [0.29, 0.717) is 5.56 Å². The van der Waals surface area contributed by atoms with Gasteiger partial charge in [-0.05, 0) is 35.2 Å². The zero-order valence-electron chi connectivity index (χ0n) is 15.4. The van der Waals surface area contributed by atoms with E-state index in [-0.39, 0.29) is 0 Å². The Bertz CT molecular complexity index is 1060. The molecule has 3 heteroatoms. The number of carbonyl (C=O) groups is 1. The van der Waals surface area contributed by atoms with Gasteiger partial charge in [0.15, 0.2) is 6.29 Å². The third-order valence-corrected chi connectivity index (χ3v) is 4.89. The van der Waals surface area contributed by atoms with E-state index in [2.05, 4.69) is 60.0 Å². The highest BCUT2D eigenvalue weighted by Gasteiger charge is 2.13. The number of aldehydes is 1. The van der Waals surface area contributed by atoms with Crippen molar-refractivity contribution in [3.63, 3.8) is 0 Å². The van der Waals surface area contributed by atoms with Crippen molar-refractivity contribution in [2.24, 2.45) is 0 Å². The summed E-state index contributed by atoms with van der Waals surface area (Å²) in [5.41, 5.74) is 6.14. The van der Waals surface area contributed by atoms with Crippen molar-refractivity contribution >= 4 is 17.3 Å². The van der Waals surface area contributed by atoms with Crippen LogP contribution in [0, 0.1) is 0 Å². The fraction of sp³-hybridized carbons (Fsp3) is 0.167. The fourth-order valence-corrected chi connectivity index (χ4v) is 3.52. The maximum absolute atomic E-state index is 11.4. The van der Waals surface area contributed by atoms with E-state index in [9.17, 15) is 4.79 Å². The van der Waals surface area contributed by atoms with Gasteiger partial charge in [-0.25, -0.2) is 4.98 Å². The molecule has 1 aromatic heterocycles. The molecule has 134 valence electrons. The average molecular weight is 354 g/mol. The van der Waals surface area contributed by atoms with E-state index in [0.717, 1.165) is 42.5 Å². The second-order valence-corrected chi connectivity index (χ2v) is 6.76. The van der Waals surface area contributed by atoms with Gasteiger partial charge in [-0.2, -0.15) is 0 Å². The lowest BCUT2D eigenvalue weighted by molar-refractivity contribution is 0.112.